The fourth-order valence-corrected chi connectivity index (χ4v) is 4.14. The number of aryl methyl sites for hydroxylation is 2. The van der Waals surface area contributed by atoms with Crippen LogP contribution in [0.25, 0.3) is 0 Å². The van der Waals surface area contributed by atoms with Crippen molar-refractivity contribution in [2.45, 2.75) is 38.4 Å². The van der Waals surface area contributed by atoms with Gasteiger partial charge in [-0.15, -0.1) is 0 Å². The Morgan fingerprint density at radius 2 is 1.74 bits per heavy atom. The van der Waals surface area contributed by atoms with E-state index in [0.29, 0.717) is 24.0 Å². The van der Waals surface area contributed by atoms with Crippen LogP contribution in [0.2, 0.25) is 0 Å². The molecule has 0 aromatic heterocycles. The Morgan fingerprint density at radius 3 is 2.56 bits per heavy atom. The predicted molar refractivity (Wildman–Crippen MR) is 110 cm³/mol. The van der Waals surface area contributed by atoms with Crippen molar-refractivity contribution in [3.63, 3.8) is 0 Å². The number of hydrogen-bond donors (Lipinski definition) is 5. The summed E-state index contributed by atoms with van der Waals surface area (Å²) in [5, 5.41) is 3.68. The molecule has 0 bridgehead atoms. The van der Waals surface area contributed by atoms with Gasteiger partial charge < -0.3 is 5.32 Å². The molecule has 5 nitrogen and oxygen atoms in total. The summed E-state index contributed by atoms with van der Waals surface area (Å²) in [5.41, 5.74) is 19.1. The van der Waals surface area contributed by atoms with Crippen LogP contribution in [0.3, 0.4) is 0 Å². The molecule has 2 aliphatic rings. The van der Waals surface area contributed by atoms with Crippen LogP contribution in [0, 0.1) is 19.8 Å². The molecule has 2 aliphatic heterocycles. The maximum Gasteiger partial charge on any atom is 0.0515 e. The van der Waals surface area contributed by atoms with Gasteiger partial charge in [-0.05, 0) is 42.5 Å². The molecule has 4 rings (SSSR count). The molecule has 5 N–H and O–H groups in total. The number of hydrogen-bond acceptors (Lipinski definition) is 5. The Labute approximate surface area is 162 Å². The quantitative estimate of drug-likeness (QED) is 0.544. The van der Waals surface area contributed by atoms with Crippen LogP contribution in [0.15, 0.2) is 48.5 Å². The minimum Gasteiger partial charge on any atom is -0.315 e. The highest BCUT2D eigenvalue weighted by molar-refractivity contribution is 5.32. The van der Waals surface area contributed by atoms with E-state index in [4.69, 9.17) is 0 Å². The molecule has 0 aliphatic carbocycles. The summed E-state index contributed by atoms with van der Waals surface area (Å²) in [5.74, 6) is 0.548. The smallest absolute Gasteiger partial charge is 0.0515 e. The van der Waals surface area contributed by atoms with E-state index in [1.54, 1.807) is 0 Å². The summed E-state index contributed by atoms with van der Waals surface area (Å²) >= 11 is 0. The van der Waals surface area contributed by atoms with Crippen molar-refractivity contribution < 1.29 is 0 Å². The second-order valence-electron chi connectivity index (χ2n) is 7.95. The summed E-state index contributed by atoms with van der Waals surface area (Å²) in [4.78, 5) is 0. The lowest BCUT2D eigenvalue weighted by Gasteiger charge is -2.21. The van der Waals surface area contributed by atoms with Gasteiger partial charge in [-0.1, -0.05) is 48.5 Å². The zero-order valence-corrected chi connectivity index (χ0v) is 16.3. The van der Waals surface area contributed by atoms with Crippen LogP contribution >= 0.6 is 0 Å². The second kappa shape index (κ2) is 8.50. The zero-order chi connectivity index (χ0) is 18.6. The Morgan fingerprint density at radius 1 is 0.889 bits per heavy atom. The molecule has 0 amide bonds. The van der Waals surface area contributed by atoms with E-state index >= 15 is 0 Å². The molecule has 2 heterocycles. The van der Waals surface area contributed by atoms with Crippen molar-refractivity contribution in [1.29, 1.82) is 0 Å². The SMILES string of the molecule is Cc1ccc(C2NNCC2CNCC2CC(c3ccccc3)NN2)cc1C. The van der Waals surface area contributed by atoms with Gasteiger partial charge >= 0.3 is 0 Å². The average Bonchev–Trinajstić information content (AvgIpc) is 3.35. The number of benzene rings is 2. The topological polar surface area (TPSA) is 60.1 Å². The van der Waals surface area contributed by atoms with E-state index < -0.39 is 0 Å². The Kier molecular flexibility index (Phi) is 5.86. The van der Waals surface area contributed by atoms with Crippen LogP contribution < -0.4 is 27.0 Å². The molecule has 0 spiro atoms. The molecule has 2 fully saturated rings. The second-order valence-corrected chi connectivity index (χ2v) is 7.95. The van der Waals surface area contributed by atoms with Crippen molar-refractivity contribution in [3.05, 3.63) is 70.8 Å². The molecular weight excluding hydrogens is 334 g/mol. The van der Waals surface area contributed by atoms with Crippen molar-refractivity contribution in [2.24, 2.45) is 5.92 Å². The molecular formula is C22H31N5. The van der Waals surface area contributed by atoms with Gasteiger partial charge in [-0.3, -0.25) is 10.9 Å². The lowest BCUT2D eigenvalue weighted by Crippen LogP contribution is -2.40. The minimum absolute atomic E-state index is 0.364. The third-order valence-electron chi connectivity index (χ3n) is 5.96. The average molecular weight is 366 g/mol. The first-order valence-corrected chi connectivity index (χ1v) is 10.0. The summed E-state index contributed by atoms with van der Waals surface area (Å²) in [6.07, 6.45) is 1.11. The largest absolute Gasteiger partial charge is 0.315 e. The van der Waals surface area contributed by atoms with E-state index in [0.717, 1.165) is 26.1 Å². The normalized spacial score (nSPS) is 27.9. The van der Waals surface area contributed by atoms with Gasteiger partial charge in [-0.2, -0.15) is 0 Å². The molecule has 144 valence electrons. The third-order valence-corrected chi connectivity index (χ3v) is 5.96. The van der Waals surface area contributed by atoms with Gasteiger partial charge in [0.05, 0.1) is 6.04 Å². The molecule has 2 aromatic rings. The number of nitrogens with one attached hydrogen (secondary N) is 5. The fourth-order valence-electron chi connectivity index (χ4n) is 4.14. The van der Waals surface area contributed by atoms with Crippen LogP contribution in [0.1, 0.15) is 40.8 Å². The highest BCUT2D eigenvalue weighted by Gasteiger charge is 2.29. The zero-order valence-electron chi connectivity index (χ0n) is 16.3. The molecule has 4 atom stereocenters. The van der Waals surface area contributed by atoms with Crippen LogP contribution in [-0.4, -0.2) is 25.7 Å². The molecule has 0 saturated carbocycles. The van der Waals surface area contributed by atoms with Gasteiger partial charge in [0.1, 0.15) is 0 Å². The predicted octanol–water partition coefficient (Wildman–Crippen LogP) is 2.27. The molecule has 4 unspecified atom stereocenters. The van der Waals surface area contributed by atoms with Crippen molar-refractivity contribution in [1.82, 2.24) is 27.0 Å². The standard InChI is InChI=1S/C22H31N5/c1-15-8-9-18(10-16(15)2)22-19(13-24-27-22)12-23-14-20-11-21(26-25-20)17-6-4-3-5-7-17/h3-10,19-27H,11-14H2,1-2H3. The van der Waals surface area contributed by atoms with E-state index in [1.807, 2.05) is 0 Å². The third kappa shape index (κ3) is 4.39. The van der Waals surface area contributed by atoms with Gasteiger partial charge in [0.25, 0.3) is 0 Å². The lowest BCUT2D eigenvalue weighted by atomic mass is 9.92. The summed E-state index contributed by atoms with van der Waals surface area (Å²) in [7, 11) is 0. The first-order chi connectivity index (χ1) is 13.2. The van der Waals surface area contributed by atoms with Crippen molar-refractivity contribution in [2.75, 3.05) is 19.6 Å². The van der Waals surface area contributed by atoms with E-state index in [9.17, 15) is 0 Å². The van der Waals surface area contributed by atoms with Gasteiger partial charge in [0, 0.05) is 37.6 Å². The van der Waals surface area contributed by atoms with Gasteiger partial charge in [0.15, 0.2) is 0 Å². The highest BCUT2D eigenvalue weighted by atomic mass is 15.4. The molecule has 27 heavy (non-hydrogen) atoms. The summed E-state index contributed by atoms with van der Waals surface area (Å²) < 4.78 is 0. The van der Waals surface area contributed by atoms with Crippen molar-refractivity contribution >= 4 is 0 Å². The van der Waals surface area contributed by atoms with Crippen LogP contribution in [0.4, 0.5) is 0 Å². The summed E-state index contributed by atoms with van der Waals surface area (Å²) in [6.45, 7) is 7.34. The summed E-state index contributed by atoms with van der Waals surface area (Å²) in [6, 6.07) is 18.7. The first kappa shape index (κ1) is 18.6. The highest BCUT2D eigenvalue weighted by Crippen LogP contribution is 2.26. The molecule has 0 radical (unpaired) electrons. The minimum atomic E-state index is 0.364. The monoisotopic (exact) mass is 365 g/mol. The molecule has 5 heteroatoms. The number of hydrazine groups is 2. The number of rotatable bonds is 6. The maximum absolute atomic E-state index is 3.68. The Balaban J connectivity index is 1.27. The Hall–Kier alpha value is -1.76. The van der Waals surface area contributed by atoms with Crippen LogP contribution in [-0.2, 0) is 0 Å². The maximum atomic E-state index is 3.68. The van der Waals surface area contributed by atoms with E-state index in [-0.39, 0.29) is 0 Å². The van der Waals surface area contributed by atoms with Crippen LogP contribution in [0.5, 0.6) is 0 Å². The van der Waals surface area contributed by atoms with Gasteiger partial charge in [0.2, 0.25) is 0 Å². The van der Waals surface area contributed by atoms with E-state index in [1.165, 1.54) is 22.3 Å². The lowest BCUT2D eigenvalue weighted by molar-refractivity contribution is 0.420. The molecule has 2 aromatic carbocycles. The van der Waals surface area contributed by atoms with Gasteiger partial charge in [-0.25, -0.2) is 10.9 Å². The van der Waals surface area contributed by atoms with Crippen molar-refractivity contribution in [3.8, 4) is 0 Å². The van der Waals surface area contributed by atoms with E-state index in [2.05, 4.69) is 89.4 Å². The fraction of sp³-hybridized carbons (Fsp3) is 0.455. The Bertz CT molecular complexity index is 748. The first-order valence-electron chi connectivity index (χ1n) is 10.0. The molecule has 2 saturated heterocycles.